The summed E-state index contributed by atoms with van der Waals surface area (Å²) in [5.41, 5.74) is 0.212. The number of likely N-dealkylation sites (tertiary alicyclic amines) is 1. The van der Waals surface area contributed by atoms with Gasteiger partial charge in [0.2, 0.25) is 11.8 Å². The van der Waals surface area contributed by atoms with E-state index in [1.807, 2.05) is 24.3 Å². The number of amides is 2. The molecule has 1 aliphatic heterocycles. The summed E-state index contributed by atoms with van der Waals surface area (Å²) in [4.78, 5) is 27.7. The third-order valence-electron chi connectivity index (χ3n) is 4.73. The molecule has 0 saturated carbocycles. The van der Waals surface area contributed by atoms with Crippen LogP contribution in [0.25, 0.3) is 0 Å². The Kier molecular flexibility index (Phi) is 5.83. The second-order valence-corrected chi connectivity index (χ2v) is 6.43. The van der Waals surface area contributed by atoms with Crippen molar-refractivity contribution in [1.29, 1.82) is 0 Å². The number of rotatable bonds is 6. The third-order valence-corrected chi connectivity index (χ3v) is 4.73. The fourth-order valence-corrected chi connectivity index (χ4v) is 3.38. The van der Waals surface area contributed by atoms with Crippen LogP contribution in [0.15, 0.2) is 24.3 Å². The highest BCUT2D eigenvalue weighted by atomic mass is 16.5. The highest BCUT2D eigenvalue weighted by molar-refractivity contribution is 5.80. The summed E-state index contributed by atoms with van der Waals surface area (Å²) in [6, 6.07) is 7.57. The number of nitrogens with zero attached hydrogens (tertiary/aromatic N) is 2. The first-order valence-electron chi connectivity index (χ1n) is 8.18. The van der Waals surface area contributed by atoms with Gasteiger partial charge in [-0.05, 0) is 30.5 Å². The molecule has 6 heteroatoms. The van der Waals surface area contributed by atoms with Crippen LogP contribution in [0, 0.1) is 0 Å². The van der Waals surface area contributed by atoms with E-state index in [0.717, 1.165) is 17.7 Å². The summed E-state index contributed by atoms with van der Waals surface area (Å²) >= 11 is 0. The number of aliphatic hydroxyl groups excluding tert-OH is 1. The molecular weight excluding hydrogens is 308 g/mol. The van der Waals surface area contributed by atoms with Crippen LogP contribution in [0.1, 0.15) is 31.7 Å². The van der Waals surface area contributed by atoms with Crippen LogP contribution in [0.3, 0.4) is 0 Å². The molecule has 132 valence electrons. The van der Waals surface area contributed by atoms with Gasteiger partial charge in [-0.15, -0.1) is 0 Å². The Hall–Kier alpha value is -2.08. The van der Waals surface area contributed by atoms with Crippen molar-refractivity contribution >= 4 is 11.8 Å². The minimum atomic E-state index is -0.758. The quantitative estimate of drug-likeness (QED) is 0.854. The van der Waals surface area contributed by atoms with E-state index >= 15 is 0 Å². The van der Waals surface area contributed by atoms with Crippen molar-refractivity contribution in [2.24, 2.45) is 0 Å². The van der Waals surface area contributed by atoms with Gasteiger partial charge < -0.3 is 19.6 Å². The maximum atomic E-state index is 12.6. The van der Waals surface area contributed by atoms with E-state index in [9.17, 15) is 14.7 Å². The van der Waals surface area contributed by atoms with Gasteiger partial charge in [0.1, 0.15) is 5.75 Å². The first-order valence-corrected chi connectivity index (χ1v) is 8.18. The first kappa shape index (κ1) is 18.3. The Morgan fingerprint density at radius 2 is 2.17 bits per heavy atom. The Morgan fingerprint density at radius 3 is 2.79 bits per heavy atom. The predicted molar refractivity (Wildman–Crippen MR) is 90.5 cm³/mol. The molecule has 2 amide bonds. The number of benzene rings is 1. The van der Waals surface area contributed by atoms with Crippen molar-refractivity contribution in [3.8, 4) is 5.75 Å². The van der Waals surface area contributed by atoms with Crippen LogP contribution in [-0.4, -0.2) is 59.6 Å². The lowest BCUT2D eigenvalue weighted by molar-refractivity contribution is -0.140. The summed E-state index contributed by atoms with van der Waals surface area (Å²) < 4.78 is 5.20. The lowest BCUT2D eigenvalue weighted by Crippen LogP contribution is -2.52. The molecule has 2 rings (SSSR count). The molecule has 0 radical (unpaired) electrons. The normalized spacial score (nSPS) is 20.1. The first-order chi connectivity index (χ1) is 11.4. The molecule has 0 unspecified atom stereocenters. The molecule has 1 saturated heterocycles. The molecule has 1 aromatic rings. The van der Waals surface area contributed by atoms with E-state index in [4.69, 9.17) is 4.74 Å². The summed E-state index contributed by atoms with van der Waals surface area (Å²) in [6.07, 6.45) is 1.61. The number of methoxy groups -OCH3 is 1. The second kappa shape index (κ2) is 7.66. The van der Waals surface area contributed by atoms with Crippen LogP contribution in [0.5, 0.6) is 5.75 Å². The smallest absolute Gasteiger partial charge is 0.225 e. The van der Waals surface area contributed by atoms with Crippen LogP contribution >= 0.6 is 0 Å². The fourth-order valence-electron chi connectivity index (χ4n) is 3.38. The maximum absolute atomic E-state index is 12.6. The molecule has 1 fully saturated rings. The molecule has 1 aliphatic rings. The van der Waals surface area contributed by atoms with Crippen LogP contribution in [0.2, 0.25) is 0 Å². The second-order valence-electron chi connectivity index (χ2n) is 6.43. The van der Waals surface area contributed by atoms with Crippen molar-refractivity contribution in [3.05, 3.63) is 29.8 Å². The molecule has 24 heavy (non-hydrogen) atoms. The highest BCUT2D eigenvalue weighted by Gasteiger charge is 2.44. The largest absolute Gasteiger partial charge is 0.497 e. The number of carbonyl (C=O) groups excluding carboxylic acids is 2. The molecule has 0 aromatic heterocycles. The minimum Gasteiger partial charge on any atom is -0.497 e. The Bertz CT molecular complexity index is 604. The number of aliphatic hydroxyl groups is 1. The number of hydrogen-bond donors (Lipinski definition) is 1. The van der Waals surface area contributed by atoms with Gasteiger partial charge in [-0.25, -0.2) is 0 Å². The van der Waals surface area contributed by atoms with E-state index < -0.39 is 5.54 Å². The van der Waals surface area contributed by atoms with Gasteiger partial charge >= 0.3 is 0 Å². The van der Waals surface area contributed by atoms with Gasteiger partial charge in [0.25, 0.3) is 0 Å². The van der Waals surface area contributed by atoms with Crippen molar-refractivity contribution in [3.63, 3.8) is 0 Å². The Labute approximate surface area is 143 Å². The van der Waals surface area contributed by atoms with Crippen molar-refractivity contribution in [2.45, 2.75) is 38.3 Å². The van der Waals surface area contributed by atoms with E-state index in [2.05, 4.69) is 0 Å². The van der Waals surface area contributed by atoms with Crippen molar-refractivity contribution in [1.82, 2.24) is 9.80 Å². The average molecular weight is 334 g/mol. The van der Waals surface area contributed by atoms with Crippen LogP contribution in [-0.2, 0) is 16.1 Å². The maximum Gasteiger partial charge on any atom is 0.225 e. The minimum absolute atomic E-state index is 0.0833. The van der Waals surface area contributed by atoms with E-state index in [0.29, 0.717) is 19.5 Å². The van der Waals surface area contributed by atoms with Gasteiger partial charge in [0, 0.05) is 27.1 Å². The summed E-state index contributed by atoms with van der Waals surface area (Å²) in [5, 5.41) is 9.84. The molecule has 6 nitrogen and oxygen atoms in total. The predicted octanol–water partition coefficient (Wildman–Crippen LogP) is 1.42. The molecule has 1 heterocycles. The van der Waals surface area contributed by atoms with Crippen molar-refractivity contribution < 1.29 is 19.4 Å². The van der Waals surface area contributed by atoms with Gasteiger partial charge in [-0.2, -0.15) is 0 Å². The van der Waals surface area contributed by atoms with Crippen LogP contribution in [0.4, 0.5) is 0 Å². The molecule has 1 aromatic carbocycles. The van der Waals surface area contributed by atoms with E-state index in [1.165, 1.54) is 6.92 Å². The zero-order chi connectivity index (χ0) is 17.7. The van der Waals surface area contributed by atoms with E-state index in [-0.39, 0.29) is 24.8 Å². The van der Waals surface area contributed by atoms with Crippen molar-refractivity contribution in [2.75, 3.05) is 27.3 Å². The van der Waals surface area contributed by atoms with Gasteiger partial charge in [0.05, 0.1) is 25.7 Å². The van der Waals surface area contributed by atoms with Gasteiger partial charge in [-0.3, -0.25) is 9.59 Å². The SMILES string of the molecule is COc1cccc(CN(C)C(=O)C[C@@]2(CO)CCCN2C(C)=O)c1. The number of carbonyl (C=O) groups is 2. The third kappa shape index (κ3) is 3.87. The topological polar surface area (TPSA) is 70.1 Å². The number of ether oxygens (including phenoxy) is 1. The average Bonchev–Trinajstić information content (AvgIpc) is 2.99. The number of hydrogen-bond acceptors (Lipinski definition) is 4. The van der Waals surface area contributed by atoms with Gasteiger partial charge in [-0.1, -0.05) is 12.1 Å². The summed E-state index contributed by atoms with van der Waals surface area (Å²) in [5.74, 6) is 0.573. The molecule has 0 spiro atoms. The lowest BCUT2D eigenvalue weighted by Gasteiger charge is -2.37. The van der Waals surface area contributed by atoms with Gasteiger partial charge in [0.15, 0.2) is 0 Å². The molecule has 1 atom stereocenters. The zero-order valence-corrected chi connectivity index (χ0v) is 14.6. The molecule has 0 aliphatic carbocycles. The highest BCUT2D eigenvalue weighted by Crippen LogP contribution is 2.33. The fraction of sp³-hybridized carbons (Fsp3) is 0.556. The Morgan fingerprint density at radius 1 is 1.42 bits per heavy atom. The summed E-state index contributed by atoms with van der Waals surface area (Å²) in [7, 11) is 3.34. The van der Waals surface area contributed by atoms with E-state index in [1.54, 1.807) is 24.0 Å². The lowest BCUT2D eigenvalue weighted by atomic mass is 9.92. The zero-order valence-electron chi connectivity index (χ0n) is 14.6. The molecular formula is C18H26N2O4. The van der Waals surface area contributed by atoms with Crippen LogP contribution < -0.4 is 4.74 Å². The summed E-state index contributed by atoms with van der Waals surface area (Å²) in [6.45, 7) is 2.35. The Balaban J connectivity index is 2.05. The monoisotopic (exact) mass is 334 g/mol. The molecule has 0 bridgehead atoms. The standard InChI is InChI=1S/C18H26N2O4/c1-14(22)20-9-5-8-18(20,13-21)11-17(23)19(2)12-15-6-4-7-16(10-15)24-3/h4,6-7,10,21H,5,8-9,11-13H2,1-3H3/t18-/m1/s1. The molecule has 1 N–H and O–H groups in total.